The third kappa shape index (κ3) is 5.23. The van der Waals surface area contributed by atoms with E-state index < -0.39 is 10.0 Å². The highest BCUT2D eigenvalue weighted by Gasteiger charge is 2.10. The van der Waals surface area contributed by atoms with E-state index in [-0.39, 0.29) is 18.9 Å². The van der Waals surface area contributed by atoms with Gasteiger partial charge < -0.3 is 10.3 Å². The zero-order chi connectivity index (χ0) is 17.0. The van der Waals surface area contributed by atoms with E-state index in [1.54, 1.807) is 0 Å². The van der Waals surface area contributed by atoms with Crippen LogP contribution in [0.4, 0.5) is 0 Å². The summed E-state index contributed by atoms with van der Waals surface area (Å²) in [6.45, 7) is 2.57. The van der Waals surface area contributed by atoms with Gasteiger partial charge in [0.1, 0.15) is 0 Å². The topological polar surface area (TPSA) is 91.1 Å². The van der Waals surface area contributed by atoms with E-state index >= 15 is 0 Å². The third-order valence-corrected chi connectivity index (χ3v) is 4.46. The molecular weight excluding hydrogens is 338 g/mol. The van der Waals surface area contributed by atoms with Crippen LogP contribution >= 0.6 is 11.6 Å². The number of halogens is 1. The molecule has 23 heavy (non-hydrogen) atoms. The number of rotatable bonds is 7. The molecule has 0 fully saturated rings. The Morgan fingerprint density at radius 2 is 2.04 bits per heavy atom. The summed E-state index contributed by atoms with van der Waals surface area (Å²) in [6.07, 6.45) is 1.86. The Morgan fingerprint density at radius 3 is 2.74 bits per heavy atom. The Kier molecular flexibility index (Phi) is 5.67. The highest BCUT2D eigenvalue weighted by atomic mass is 35.5. The highest BCUT2D eigenvalue weighted by Crippen LogP contribution is 2.25. The van der Waals surface area contributed by atoms with E-state index in [4.69, 9.17) is 11.6 Å². The first kappa shape index (κ1) is 17.8. The van der Waals surface area contributed by atoms with E-state index in [9.17, 15) is 13.2 Å². The zero-order valence-corrected chi connectivity index (χ0v) is 14.6. The monoisotopic (exact) mass is 357 g/mol. The Labute approximate surface area is 140 Å². The van der Waals surface area contributed by atoms with Gasteiger partial charge in [0.2, 0.25) is 15.9 Å². The molecule has 1 aromatic heterocycles. The van der Waals surface area contributed by atoms with E-state index in [0.717, 1.165) is 28.4 Å². The predicted molar refractivity (Wildman–Crippen MR) is 92.2 cm³/mol. The standard InChI is InChI=1S/C15H20ClN3O3S/c1-10-12(13-9-11(16)3-4-14(13)19-10)5-7-17-15(20)6-8-18-23(2,21)22/h3-4,9,18-19H,5-8H2,1-2H3,(H,17,20). The number of benzene rings is 1. The third-order valence-electron chi connectivity index (χ3n) is 3.50. The van der Waals surface area contributed by atoms with Crippen molar-refractivity contribution in [2.24, 2.45) is 0 Å². The number of fused-ring (bicyclic) bond motifs is 1. The lowest BCUT2D eigenvalue weighted by molar-refractivity contribution is -0.120. The first-order valence-corrected chi connectivity index (χ1v) is 9.51. The molecule has 0 spiro atoms. The fourth-order valence-corrected chi connectivity index (χ4v) is 3.09. The van der Waals surface area contributed by atoms with Crippen LogP contribution in [0.3, 0.4) is 0 Å². The van der Waals surface area contributed by atoms with Gasteiger partial charge in [-0.3, -0.25) is 4.79 Å². The van der Waals surface area contributed by atoms with Crippen molar-refractivity contribution in [3.05, 3.63) is 34.5 Å². The number of aryl methyl sites for hydroxylation is 1. The number of hydrogen-bond donors (Lipinski definition) is 3. The van der Waals surface area contributed by atoms with Gasteiger partial charge in [0.05, 0.1) is 6.26 Å². The lowest BCUT2D eigenvalue weighted by Crippen LogP contribution is -2.31. The summed E-state index contributed by atoms with van der Waals surface area (Å²) in [5, 5.41) is 4.53. The maximum Gasteiger partial charge on any atom is 0.221 e. The molecule has 0 radical (unpaired) electrons. The molecule has 0 saturated heterocycles. The summed E-state index contributed by atoms with van der Waals surface area (Å²) in [7, 11) is -3.26. The summed E-state index contributed by atoms with van der Waals surface area (Å²) < 4.78 is 24.1. The van der Waals surface area contributed by atoms with Crippen molar-refractivity contribution in [3.63, 3.8) is 0 Å². The van der Waals surface area contributed by atoms with Crippen molar-refractivity contribution < 1.29 is 13.2 Å². The molecular formula is C15H20ClN3O3S. The quantitative estimate of drug-likeness (QED) is 0.704. The highest BCUT2D eigenvalue weighted by molar-refractivity contribution is 7.88. The van der Waals surface area contributed by atoms with Crippen LogP contribution in [0.15, 0.2) is 18.2 Å². The Hall–Kier alpha value is -1.57. The van der Waals surface area contributed by atoms with Crippen LogP contribution in [0.25, 0.3) is 10.9 Å². The first-order valence-electron chi connectivity index (χ1n) is 7.24. The van der Waals surface area contributed by atoms with E-state index in [0.29, 0.717) is 18.0 Å². The molecule has 0 unspecified atom stereocenters. The van der Waals surface area contributed by atoms with Gasteiger partial charge in [0.15, 0.2) is 0 Å². The lowest BCUT2D eigenvalue weighted by atomic mass is 10.1. The maximum absolute atomic E-state index is 11.7. The van der Waals surface area contributed by atoms with E-state index in [1.165, 1.54) is 0 Å². The first-order chi connectivity index (χ1) is 10.8. The van der Waals surface area contributed by atoms with Gasteiger partial charge in [-0.15, -0.1) is 0 Å². The molecule has 1 heterocycles. The van der Waals surface area contributed by atoms with Gasteiger partial charge in [-0.05, 0) is 37.1 Å². The molecule has 2 aromatic rings. The van der Waals surface area contributed by atoms with Gasteiger partial charge >= 0.3 is 0 Å². The van der Waals surface area contributed by atoms with Crippen LogP contribution in [0.1, 0.15) is 17.7 Å². The van der Waals surface area contributed by atoms with Gasteiger partial charge in [0.25, 0.3) is 0 Å². The van der Waals surface area contributed by atoms with Crippen molar-refractivity contribution >= 4 is 38.4 Å². The Balaban J connectivity index is 1.88. The number of aromatic nitrogens is 1. The van der Waals surface area contributed by atoms with Crippen LogP contribution in [0.5, 0.6) is 0 Å². The van der Waals surface area contributed by atoms with Gasteiger partial charge in [-0.2, -0.15) is 0 Å². The molecule has 8 heteroatoms. The molecule has 1 amide bonds. The average Bonchev–Trinajstić information content (AvgIpc) is 2.73. The lowest BCUT2D eigenvalue weighted by Gasteiger charge is -2.06. The van der Waals surface area contributed by atoms with Crippen molar-refractivity contribution in [3.8, 4) is 0 Å². The molecule has 1 aromatic carbocycles. The summed E-state index contributed by atoms with van der Waals surface area (Å²) in [6, 6.07) is 5.68. The largest absolute Gasteiger partial charge is 0.358 e. The molecule has 6 nitrogen and oxygen atoms in total. The molecule has 0 aliphatic heterocycles. The molecule has 3 N–H and O–H groups in total. The smallest absolute Gasteiger partial charge is 0.221 e. The number of carbonyl (C=O) groups is 1. The Morgan fingerprint density at radius 1 is 1.30 bits per heavy atom. The molecule has 0 aliphatic rings. The van der Waals surface area contributed by atoms with Crippen molar-refractivity contribution in [2.75, 3.05) is 19.3 Å². The normalized spacial score (nSPS) is 11.8. The molecule has 0 bridgehead atoms. The number of aromatic amines is 1. The van der Waals surface area contributed by atoms with Crippen molar-refractivity contribution in [1.82, 2.24) is 15.0 Å². The number of sulfonamides is 1. The minimum atomic E-state index is -3.26. The van der Waals surface area contributed by atoms with Gasteiger partial charge in [-0.1, -0.05) is 11.6 Å². The summed E-state index contributed by atoms with van der Waals surface area (Å²) >= 11 is 6.04. The predicted octanol–water partition coefficient (Wildman–Crippen LogP) is 1.73. The fraction of sp³-hybridized carbons (Fsp3) is 0.400. The number of hydrogen-bond acceptors (Lipinski definition) is 3. The number of amides is 1. The second kappa shape index (κ2) is 7.33. The van der Waals surface area contributed by atoms with E-state index in [2.05, 4.69) is 15.0 Å². The number of nitrogens with one attached hydrogen (secondary N) is 3. The summed E-state index contributed by atoms with van der Waals surface area (Å²) in [4.78, 5) is 15.0. The number of H-pyrrole nitrogens is 1. The van der Waals surface area contributed by atoms with E-state index in [1.807, 2.05) is 25.1 Å². The summed E-state index contributed by atoms with van der Waals surface area (Å²) in [5.41, 5.74) is 3.19. The molecule has 2 rings (SSSR count). The van der Waals surface area contributed by atoms with Crippen molar-refractivity contribution in [2.45, 2.75) is 19.8 Å². The minimum Gasteiger partial charge on any atom is -0.358 e. The van der Waals surface area contributed by atoms with Gasteiger partial charge in [0, 0.05) is 41.1 Å². The maximum atomic E-state index is 11.7. The second-order valence-corrected chi connectivity index (χ2v) is 7.70. The van der Waals surface area contributed by atoms with Crippen LogP contribution < -0.4 is 10.0 Å². The second-order valence-electron chi connectivity index (χ2n) is 5.43. The SMILES string of the molecule is Cc1[nH]c2ccc(Cl)cc2c1CCNC(=O)CCNS(C)(=O)=O. The fourth-order valence-electron chi connectivity index (χ4n) is 2.44. The molecule has 126 valence electrons. The molecule has 0 atom stereocenters. The Bertz CT molecular complexity index is 815. The minimum absolute atomic E-state index is 0.104. The van der Waals surface area contributed by atoms with Gasteiger partial charge in [-0.25, -0.2) is 13.1 Å². The summed E-state index contributed by atoms with van der Waals surface area (Å²) in [5.74, 6) is -0.184. The number of carbonyl (C=O) groups excluding carboxylic acids is 1. The zero-order valence-electron chi connectivity index (χ0n) is 13.1. The molecule has 0 saturated carbocycles. The van der Waals surface area contributed by atoms with Crippen molar-refractivity contribution in [1.29, 1.82) is 0 Å². The van der Waals surface area contributed by atoms with Crippen LogP contribution in [-0.4, -0.2) is 38.7 Å². The average molecular weight is 358 g/mol. The van der Waals surface area contributed by atoms with Crippen LogP contribution in [0.2, 0.25) is 5.02 Å². The van der Waals surface area contributed by atoms with Crippen LogP contribution in [0, 0.1) is 6.92 Å². The molecule has 0 aliphatic carbocycles. The van der Waals surface area contributed by atoms with Crippen LogP contribution in [-0.2, 0) is 21.2 Å².